The average Bonchev–Trinajstić information content (AvgIpc) is 3.34. The fraction of sp³-hybridized carbons (Fsp3) is 0.524. The first-order valence-corrected chi connectivity index (χ1v) is 26.7. The van der Waals surface area contributed by atoms with Gasteiger partial charge in [0.2, 0.25) is 0 Å². The summed E-state index contributed by atoms with van der Waals surface area (Å²) in [7, 11) is 0. The molecule has 0 radical (unpaired) electrons. The van der Waals surface area contributed by atoms with Gasteiger partial charge >= 0.3 is 11.9 Å². The normalized spacial score (nSPS) is 13.6. The van der Waals surface area contributed by atoms with Crippen molar-refractivity contribution in [3.63, 3.8) is 0 Å². The lowest BCUT2D eigenvalue weighted by Gasteiger charge is -2.18. The van der Waals surface area contributed by atoms with Crippen LogP contribution in [0.2, 0.25) is 0 Å². The van der Waals surface area contributed by atoms with Crippen LogP contribution in [0, 0.1) is 0 Å². The molecule has 0 aliphatic heterocycles. The van der Waals surface area contributed by atoms with Crippen LogP contribution in [0.3, 0.4) is 0 Å². The van der Waals surface area contributed by atoms with Crippen molar-refractivity contribution < 1.29 is 23.8 Å². The van der Waals surface area contributed by atoms with Crippen LogP contribution in [-0.4, -0.2) is 37.9 Å². The predicted molar refractivity (Wildman–Crippen MR) is 297 cm³/mol. The molecule has 0 aliphatic rings. The van der Waals surface area contributed by atoms with Crippen molar-refractivity contribution in [2.24, 2.45) is 0 Å². The van der Waals surface area contributed by atoms with Gasteiger partial charge < -0.3 is 14.2 Å². The third-order valence-electron chi connectivity index (χ3n) is 10.2. The van der Waals surface area contributed by atoms with Crippen LogP contribution in [0.1, 0.15) is 188 Å². The highest BCUT2D eigenvalue weighted by atomic mass is 16.6. The first-order valence-electron chi connectivity index (χ1n) is 26.7. The first kappa shape index (κ1) is 63.3. The predicted octanol–water partition coefficient (Wildman–Crippen LogP) is 18.4. The number of carbonyl (C=O) groups is 2. The molecule has 0 aromatic carbocycles. The maximum absolute atomic E-state index is 12.8. The molecule has 1 unspecified atom stereocenters. The quantitative estimate of drug-likeness (QED) is 0.0346. The maximum atomic E-state index is 12.8. The zero-order valence-electron chi connectivity index (χ0n) is 43.3. The van der Waals surface area contributed by atoms with Gasteiger partial charge in [0.25, 0.3) is 0 Å². The Labute approximate surface area is 417 Å². The number of esters is 2. The molecule has 0 aliphatic carbocycles. The van der Waals surface area contributed by atoms with Gasteiger partial charge in [-0.2, -0.15) is 0 Å². The Bertz CT molecular complexity index is 1570. The lowest BCUT2D eigenvalue weighted by Crippen LogP contribution is -2.30. The molecular weight excluding hydrogens is 837 g/mol. The van der Waals surface area contributed by atoms with Crippen LogP contribution in [-0.2, 0) is 23.8 Å². The Kier molecular flexibility index (Phi) is 52.6. The monoisotopic (exact) mass is 933 g/mol. The number of hydrogen-bond donors (Lipinski definition) is 0. The smallest absolute Gasteiger partial charge is 0.306 e. The Morgan fingerprint density at radius 3 is 1.04 bits per heavy atom. The summed E-state index contributed by atoms with van der Waals surface area (Å²) < 4.78 is 17.3. The van der Waals surface area contributed by atoms with Gasteiger partial charge in [0.05, 0.1) is 6.61 Å². The SMILES string of the molecule is CC/C=C\C/C=C\C/C=C\C/C=C\C/C=C\C/C=C\CCC(=O)OCC(COCCCC/C=C\C/C=C\C/C=C\C/C=C\C/C=C\CC)OC(=O)CCCCCCC/C=C\C/C=C\C/C=C\CC. The Balaban J connectivity index is 4.55. The third-order valence-corrected chi connectivity index (χ3v) is 10.2. The molecule has 1 atom stereocenters. The zero-order chi connectivity index (χ0) is 49.2. The van der Waals surface area contributed by atoms with E-state index in [2.05, 4.69) is 185 Å². The summed E-state index contributed by atoms with van der Waals surface area (Å²) in [6.45, 7) is 7.25. The fourth-order valence-electron chi connectivity index (χ4n) is 6.40. The minimum absolute atomic E-state index is 0.00751. The van der Waals surface area contributed by atoms with Crippen LogP contribution in [0.25, 0.3) is 0 Å². The summed E-state index contributed by atoms with van der Waals surface area (Å²) in [5, 5.41) is 0. The molecule has 0 heterocycles. The van der Waals surface area contributed by atoms with Crippen LogP contribution < -0.4 is 0 Å². The number of unbranched alkanes of at least 4 members (excludes halogenated alkanes) is 7. The number of rotatable bonds is 46. The summed E-state index contributed by atoms with van der Waals surface area (Å²) in [6.07, 6.45) is 85.3. The van der Waals surface area contributed by atoms with Crippen molar-refractivity contribution in [2.45, 2.75) is 194 Å². The molecule has 5 nitrogen and oxygen atoms in total. The topological polar surface area (TPSA) is 61.8 Å². The summed E-state index contributed by atoms with van der Waals surface area (Å²) in [5.74, 6) is -0.555. The minimum atomic E-state index is -0.613. The van der Waals surface area contributed by atoms with Gasteiger partial charge in [-0.25, -0.2) is 0 Å². The highest BCUT2D eigenvalue weighted by molar-refractivity contribution is 5.70. The fourth-order valence-corrected chi connectivity index (χ4v) is 6.40. The van der Waals surface area contributed by atoms with Gasteiger partial charge in [-0.05, 0) is 135 Å². The highest BCUT2D eigenvalue weighted by Gasteiger charge is 2.17. The molecule has 0 bridgehead atoms. The van der Waals surface area contributed by atoms with Crippen LogP contribution in [0.5, 0.6) is 0 Å². The van der Waals surface area contributed by atoms with Gasteiger partial charge in [-0.3, -0.25) is 9.59 Å². The highest BCUT2D eigenvalue weighted by Crippen LogP contribution is 2.11. The number of allylic oxidation sites excluding steroid dienone is 28. The Hall–Kier alpha value is -4.74. The lowest BCUT2D eigenvalue weighted by atomic mass is 10.1. The van der Waals surface area contributed by atoms with Crippen LogP contribution in [0.4, 0.5) is 0 Å². The molecule has 0 amide bonds. The summed E-state index contributed by atoms with van der Waals surface area (Å²) in [6, 6.07) is 0. The van der Waals surface area contributed by atoms with Crippen molar-refractivity contribution in [1.82, 2.24) is 0 Å². The molecule has 0 N–H and O–H groups in total. The molecule has 0 fully saturated rings. The molecule has 0 saturated heterocycles. The van der Waals surface area contributed by atoms with E-state index in [0.29, 0.717) is 19.4 Å². The minimum Gasteiger partial charge on any atom is -0.462 e. The van der Waals surface area contributed by atoms with Crippen LogP contribution >= 0.6 is 0 Å². The van der Waals surface area contributed by atoms with Gasteiger partial charge in [0.1, 0.15) is 6.61 Å². The Morgan fingerprint density at radius 1 is 0.324 bits per heavy atom. The summed E-state index contributed by atoms with van der Waals surface area (Å²) in [4.78, 5) is 25.4. The van der Waals surface area contributed by atoms with Crippen molar-refractivity contribution >= 4 is 11.9 Å². The zero-order valence-corrected chi connectivity index (χ0v) is 43.3. The summed E-state index contributed by atoms with van der Waals surface area (Å²) in [5.41, 5.74) is 0. The summed E-state index contributed by atoms with van der Waals surface area (Å²) >= 11 is 0. The van der Waals surface area contributed by atoms with Crippen molar-refractivity contribution in [3.8, 4) is 0 Å². The lowest BCUT2D eigenvalue weighted by molar-refractivity contribution is -0.162. The van der Waals surface area contributed by atoms with Gasteiger partial charge in [-0.1, -0.05) is 210 Å². The Morgan fingerprint density at radius 2 is 0.647 bits per heavy atom. The van der Waals surface area contributed by atoms with E-state index in [1.54, 1.807) is 0 Å². The molecule has 378 valence electrons. The molecule has 0 rings (SSSR count). The van der Waals surface area contributed by atoms with E-state index in [4.69, 9.17) is 14.2 Å². The molecule has 5 heteroatoms. The van der Waals surface area contributed by atoms with E-state index < -0.39 is 6.10 Å². The molecule has 0 spiro atoms. The van der Waals surface area contributed by atoms with E-state index >= 15 is 0 Å². The number of ether oxygens (including phenoxy) is 3. The van der Waals surface area contributed by atoms with Gasteiger partial charge in [0.15, 0.2) is 6.10 Å². The van der Waals surface area contributed by atoms with Crippen molar-refractivity contribution in [1.29, 1.82) is 0 Å². The second-order valence-electron chi connectivity index (χ2n) is 16.6. The third kappa shape index (κ3) is 53.9. The second-order valence-corrected chi connectivity index (χ2v) is 16.6. The van der Waals surface area contributed by atoms with E-state index in [0.717, 1.165) is 148 Å². The van der Waals surface area contributed by atoms with E-state index in [1.807, 2.05) is 6.08 Å². The molecule has 0 aromatic heterocycles. The van der Waals surface area contributed by atoms with E-state index in [-0.39, 0.29) is 31.6 Å². The van der Waals surface area contributed by atoms with Crippen LogP contribution in [0.15, 0.2) is 170 Å². The van der Waals surface area contributed by atoms with Crippen molar-refractivity contribution in [3.05, 3.63) is 170 Å². The average molecular weight is 933 g/mol. The molecule has 68 heavy (non-hydrogen) atoms. The first-order chi connectivity index (χ1) is 33.6. The number of hydrogen-bond acceptors (Lipinski definition) is 5. The maximum Gasteiger partial charge on any atom is 0.306 e. The van der Waals surface area contributed by atoms with Gasteiger partial charge in [-0.15, -0.1) is 0 Å². The largest absolute Gasteiger partial charge is 0.462 e. The molecule has 0 saturated carbocycles. The van der Waals surface area contributed by atoms with E-state index in [1.165, 1.54) is 0 Å². The molecule has 0 aromatic rings. The second kappa shape index (κ2) is 56.6. The standard InChI is InChI=1S/C63H96O5/c1-4-7-10-13-16-19-22-25-28-30-32-33-36-38-41-44-47-50-53-56-62(64)67-60-61(68-63(65)57-54-51-48-45-42-39-35-27-24-21-18-15-12-9-6-3)59-66-58-55-52-49-46-43-40-37-34-31-29-26-23-20-17-14-11-8-5-2/h7-12,16-21,25-29,32-35,37-38,41,43,46-47,50,61H,4-6,13-15,22-24,30-31,36,39-40,42,44-45,48-49,51-60H2,1-3H3/b10-7-,11-8-,12-9-,19-16-,20-17-,21-18-,28-25-,29-26-,33-32-,35-27-,37-34-,41-38-,46-43-,50-47-. The van der Waals surface area contributed by atoms with Gasteiger partial charge in [0, 0.05) is 19.4 Å². The van der Waals surface area contributed by atoms with E-state index in [9.17, 15) is 9.59 Å². The molecular formula is C63H96O5. The number of carbonyl (C=O) groups excluding carboxylic acids is 2. The van der Waals surface area contributed by atoms with Crippen molar-refractivity contribution in [2.75, 3.05) is 19.8 Å².